The van der Waals surface area contributed by atoms with Crippen molar-refractivity contribution in [2.45, 2.75) is 186 Å². The van der Waals surface area contributed by atoms with Crippen LogP contribution in [0.25, 0.3) is 0 Å². The van der Waals surface area contributed by atoms with Crippen molar-refractivity contribution in [2.75, 3.05) is 47.5 Å². The molecule has 12 nitrogen and oxygen atoms in total. The Kier molecular flexibility index (Phi) is 32.8. The van der Waals surface area contributed by atoms with Crippen LogP contribution in [0.3, 0.4) is 0 Å². The molecule has 0 amide bonds. The van der Waals surface area contributed by atoms with Gasteiger partial charge >= 0.3 is 11.9 Å². The molecule has 1 rings (SSSR count). The summed E-state index contributed by atoms with van der Waals surface area (Å²) in [6, 6.07) is 0. The molecule has 0 aromatic carbocycles. The standard InChI is InChI=1S/C48H86NO11P/c1-6-8-10-11-12-13-14-15-16-17-18-19-20-21-22-23-24-25-27-33-48(54)60-42(40-59-61(55,56)58-37-36-49(3,4)5)39-57-47(53)32-29-28-31-43-44(46(52)38-45(43)51)35-34-41(50)30-26-9-7-2/h12-13,15-16,28-29,34-35,41-46,50-52H,6-11,14,17-27,30-33,36-40H2,1-5H3/b13-12-,16-15-,29-28-,35-34+/t41-,42-,43+,44-,45+,46-/m1/s1. The van der Waals surface area contributed by atoms with Gasteiger partial charge in [-0.05, 0) is 57.3 Å². The van der Waals surface area contributed by atoms with Crippen LogP contribution in [0.1, 0.15) is 162 Å². The largest absolute Gasteiger partial charge is 0.756 e. The number of hydrogen-bond acceptors (Lipinski definition) is 11. The van der Waals surface area contributed by atoms with Gasteiger partial charge in [0.05, 0.1) is 52.5 Å². The van der Waals surface area contributed by atoms with Crippen molar-refractivity contribution in [3.63, 3.8) is 0 Å². The molecule has 0 bridgehead atoms. The van der Waals surface area contributed by atoms with Crippen molar-refractivity contribution in [1.82, 2.24) is 0 Å². The van der Waals surface area contributed by atoms with Crippen LogP contribution >= 0.6 is 7.82 Å². The lowest BCUT2D eigenvalue weighted by Crippen LogP contribution is -2.37. The highest BCUT2D eigenvalue weighted by Gasteiger charge is 2.39. The number of aliphatic hydroxyl groups is 3. The zero-order chi connectivity index (χ0) is 45.2. The summed E-state index contributed by atoms with van der Waals surface area (Å²) < 4.78 is 33.9. The number of rotatable bonds is 38. The summed E-state index contributed by atoms with van der Waals surface area (Å²) in [4.78, 5) is 37.9. The van der Waals surface area contributed by atoms with Crippen LogP contribution in [0.2, 0.25) is 0 Å². The Labute approximate surface area is 370 Å². The number of nitrogens with zero attached hydrogens (tertiary/aromatic N) is 1. The maximum Gasteiger partial charge on any atom is 0.309 e. The molecule has 1 unspecified atom stereocenters. The summed E-state index contributed by atoms with van der Waals surface area (Å²) in [7, 11) is 0.988. The predicted octanol–water partition coefficient (Wildman–Crippen LogP) is 9.21. The van der Waals surface area contributed by atoms with Gasteiger partial charge in [-0.25, -0.2) is 0 Å². The molecule has 0 heterocycles. The zero-order valence-electron chi connectivity index (χ0n) is 38.7. The molecule has 3 N–H and O–H groups in total. The molecule has 0 aliphatic heterocycles. The van der Waals surface area contributed by atoms with E-state index in [4.69, 9.17) is 18.5 Å². The van der Waals surface area contributed by atoms with E-state index in [1.165, 1.54) is 57.8 Å². The lowest BCUT2D eigenvalue weighted by molar-refractivity contribution is -0.870. The molecule has 0 saturated heterocycles. The first-order valence-corrected chi connectivity index (χ1v) is 25.1. The number of phosphoric acid groups is 1. The molecule has 7 atom stereocenters. The minimum absolute atomic E-state index is 0.0832. The summed E-state index contributed by atoms with van der Waals surface area (Å²) >= 11 is 0. The van der Waals surface area contributed by atoms with Crippen molar-refractivity contribution in [2.24, 2.45) is 11.8 Å². The van der Waals surface area contributed by atoms with E-state index in [0.717, 1.165) is 51.4 Å². The molecule has 0 aromatic rings. The van der Waals surface area contributed by atoms with E-state index in [9.17, 15) is 34.4 Å². The second kappa shape index (κ2) is 35.2. The van der Waals surface area contributed by atoms with Gasteiger partial charge in [0.1, 0.15) is 19.8 Å². The number of carbonyl (C=O) groups excluding carboxylic acids is 2. The Morgan fingerprint density at radius 3 is 2.00 bits per heavy atom. The molecule has 1 fully saturated rings. The molecular formula is C48H86NO11P. The Balaban J connectivity index is 2.49. The number of phosphoric ester groups is 1. The maximum atomic E-state index is 12.8. The summed E-state index contributed by atoms with van der Waals surface area (Å²) in [5.41, 5.74) is 0. The lowest BCUT2D eigenvalue weighted by atomic mass is 9.89. The number of ether oxygens (including phenoxy) is 2. The predicted molar refractivity (Wildman–Crippen MR) is 242 cm³/mol. The van der Waals surface area contributed by atoms with Gasteiger partial charge in [-0.3, -0.25) is 14.2 Å². The van der Waals surface area contributed by atoms with Gasteiger partial charge in [0, 0.05) is 18.8 Å². The van der Waals surface area contributed by atoms with Gasteiger partial charge in [-0.1, -0.05) is 140 Å². The van der Waals surface area contributed by atoms with Crippen LogP contribution in [-0.2, 0) is 32.7 Å². The number of likely N-dealkylation sites (N-methyl/N-ethyl adjacent to an activating group) is 1. The second-order valence-electron chi connectivity index (χ2n) is 17.8. The number of aliphatic hydroxyl groups excluding tert-OH is 3. The minimum Gasteiger partial charge on any atom is -0.756 e. The molecule has 0 spiro atoms. The van der Waals surface area contributed by atoms with Crippen molar-refractivity contribution in [3.8, 4) is 0 Å². The fourth-order valence-electron chi connectivity index (χ4n) is 7.13. The van der Waals surface area contributed by atoms with Crippen molar-refractivity contribution in [1.29, 1.82) is 0 Å². The van der Waals surface area contributed by atoms with E-state index < -0.39 is 57.4 Å². The molecule has 354 valence electrons. The average molecular weight is 884 g/mol. The number of hydrogen-bond donors (Lipinski definition) is 3. The number of esters is 2. The van der Waals surface area contributed by atoms with Crippen molar-refractivity contribution < 1.29 is 57.4 Å². The highest BCUT2D eigenvalue weighted by molar-refractivity contribution is 7.45. The number of unbranched alkanes of at least 4 members (excludes halogenated alkanes) is 14. The van der Waals surface area contributed by atoms with Gasteiger partial charge in [-0.2, -0.15) is 0 Å². The van der Waals surface area contributed by atoms with Gasteiger partial charge < -0.3 is 43.2 Å². The molecule has 0 aromatic heterocycles. The highest BCUT2D eigenvalue weighted by atomic mass is 31.2. The monoisotopic (exact) mass is 884 g/mol. The molecule has 0 radical (unpaired) electrons. The van der Waals surface area contributed by atoms with Crippen LogP contribution < -0.4 is 4.89 Å². The molecule has 1 saturated carbocycles. The summed E-state index contributed by atoms with van der Waals surface area (Å²) in [5, 5.41) is 31.4. The normalized spacial score (nSPS) is 20.6. The molecule has 61 heavy (non-hydrogen) atoms. The van der Waals surface area contributed by atoms with Crippen molar-refractivity contribution >= 4 is 19.8 Å². The van der Waals surface area contributed by atoms with Gasteiger partial charge in [-0.15, -0.1) is 0 Å². The topological polar surface area (TPSA) is 172 Å². The van der Waals surface area contributed by atoms with E-state index in [2.05, 4.69) is 38.2 Å². The van der Waals surface area contributed by atoms with Crippen LogP contribution in [0.5, 0.6) is 0 Å². The Hall–Kier alpha value is -2.15. The van der Waals surface area contributed by atoms with E-state index in [-0.39, 0.29) is 37.7 Å². The molecular weight excluding hydrogens is 797 g/mol. The first kappa shape index (κ1) is 56.9. The smallest absolute Gasteiger partial charge is 0.309 e. The van der Waals surface area contributed by atoms with Gasteiger partial charge in [0.15, 0.2) is 6.10 Å². The van der Waals surface area contributed by atoms with E-state index in [0.29, 0.717) is 30.3 Å². The number of allylic oxidation sites excluding steroid dienone is 5. The van der Waals surface area contributed by atoms with E-state index in [1.54, 1.807) is 24.3 Å². The maximum absolute atomic E-state index is 12.8. The van der Waals surface area contributed by atoms with Crippen LogP contribution in [0, 0.1) is 11.8 Å². The Morgan fingerprint density at radius 1 is 0.754 bits per heavy atom. The summed E-state index contributed by atoms with van der Waals surface area (Å²) in [6.07, 6.45) is 34.1. The fourth-order valence-corrected chi connectivity index (χ4v) is 7.86. The van der Waals surface area contributed by atoms with E-state index >= 15 is 0 Å². The number of quaternary nitrogens is 1. The Morgan fingerprint density at radius 2 is 1.36 bits per heavy atom. The van der Waals surface area contributed by atoms with Crippen LogP contribution in [0.15, 0.2) is 48.6 Å². The minimum atomic E-state index is -4.71. The second-order valence-corrected chi connectivity index (χ2v) is 19.2. The van der Waals surface area contributed by atoms with Gasteiger partial charge in [0.2, 0.25) is 0 Å². The van der Waals surface area contributed by atoms with Gasteiger partial charge in [0.25, 0.3) is 7.82 Å². The molecule has 13 heteroatoms. The molecule has 1 aliphatic carbocycles. The Bertz CT molecular complexity index is 1300. The first-order valence-electron chi connectivity index (χ1n) is 23.6. The summed E-state index contributed by atoms with van der Waals surface area (Å²) in [6.45, 7) is 3.72. The van der Waals surface area contributed by atoms with Crippen LogP contribution in [0.4, 0.5) is 0 Å². The molecule has 1 aliphatic rings. The summed E-state index contributed by atoms with van der Waals surface area (Å²) in [5.74, 6) is -1.75. The highest BCUT2D eigenvalue weighted by Crippen LogP contribution is 2.38. The van der Waals surface area contributed by atoms with Crippen molar-refractivity contribution in [3.05, 3.63) is 48.6 Å². The fraction of sp³-hybridized carbons (Fsp3) is 0.792. The zero-order valence-corrected chi connectivity index (χ0v) is 39.6. The lowest BCUT2D eigenvalue weighted by Gasteiger charge is -2.28. The SMILES string of the molecule is CCCCC/C=C\C/C=C\CCCCCCCCCCCC(=O)O[C@H](COC(=O)C/C=C\C[C@H]1[C@@H](/C=C/[C@H](O)CCCCC)[C@H](O)C[C@@H]1O)COP(=O)([O-])OCC[N+](C)(C)C. The van der Waals surface area contributed by atoms with Crippen LogP contribution in [-0.4, -0.2) is 104 Å². The quantitative estimate of drug-likeness (QED) is 0.0178. The first-order chi connectivity index (χ1) is 29.2. The third-order valence-corrected chi connectivity index (χ3v) is 11.9. The third kappa shape index (κ3) is 32.2. The third-order valence-electron chi connectivity index (χ3n) is 10.9. The van der Waals surface area contributed by atoms with E-state index in [1.807, 2.05) is 21.1 Å². The average Bonchev–Trinajstić information content (AvgIpc) is 3.47. The number of carbonyl (C=O) groups is 2.